The van der Waals surface area contributed by atoms with Gasteiger partial charge in [-0.05, 0) is 43.9 Å². The van der Waals surface area contributed by atoms with Crippen LogP contribution in [0.2, 0.25) is 0 Å². The summed E-state index contributed by atoms with van der Waals surface area (Å²) in [6.45, 7) is 7.28. The van der Waals surface area contributed by atoms with Gasteiger partial charge in [-0.1, -0.05) is 46.0 Å². The molecule has 25 heavy (non-hydrogen) atoms. The zero-order valence-electron chi connectivity index (χ0n) is 14.4. The third-order valence-corrected chi connectivity index (χ3v) is 2.78. The van der Waals surface area contributed by atoms with Gasteiger partial charge in [0.2, 0.25) is 0 Å². The van der Waals surface area contributed by atoms with Gasteiger partial charge in [0.05, 0.1) is 0 Å². The first-order valence-electron chi connectivity index (χ1n) is 7.41. The van der Waals surface area contributed by atoms with Gasteiger partial charge in [-0.25, -0.2) is 0 Å². The number of alkyl halides is 2. The lowest BCUT2D eigenvalue weighted by atomic mass is 10.3. The molecule has 1 aromatic carbocycles. The molecule has 0 heterocycles. The molecule has 0 aliphatic carbocycles. The summed E-state index contributed by atoms with van der Waals surface area (Å²) in [5.74, 6) is 0.0390. The Hall–Kier alpha value is -1.52. The van der Waals surface area contributed by atoms with Crippen LogP contribution < -0.4 is 15.8 Å². The van der Waals surface area contributed by atoms with Crippen LogP contribution in [0.15, 0.2) is 24.3 Å². The van der Waals surface area contributed by atoms with Crippen molar-refractivity contribution in [3.8, 4) is 5.75 Å². The Morgan fingerprint density at radius 3 is 1.76 bits per heavy atom. The molecule has 1 aromatic rings. The van der Waals surface area contributed by atoms with E-state index in [4.69, 9.17) is 4.79 Å². The van der Waals surface area contributed by atoms with Crippen molar-refractivity contribution in [3.63, 3.8) is 0 Å². The molecule has 10 heteroatoms. The molecule has 1 rings (SSSR count). The summed E-state index contributed by atoms with van der Waals surface area (Å²) in [5, 5.41) is 1.21. The van der Waals surface area contributed by atoms with Crippen LogP contribution in [0.4, 0.5) is 24.1 Å². The lowest BCUT2D eigenvalue weighted by Crippen LogP contribution is -2.21. The van der Waals surface area contributed by atoms with Crippen molar-refractivity contribution in [2.75, 3.05) is 25.0 Å². The van der Waals surface area contributed by atoms with Gasteiger partial charge in [0, 0.05) is 5.69 Å². The van der Waals surface area contributed by atoms with Crippen LogP contribution >= 0.6 is 25.3 Å². The summed E-state index contributed by atoms with van der Waals surface area (Å²) < 4.78 is 27.6. The third kappa shape index (κ3) is 18.7. The molecular weight excluding hydrogens is 372 g/mol. The number of benzene rings is 1. The number of nitrogens with one attached hydrogen (secondary N) is 1. The lowest BCUT2D eigenvalue weighted by Gasteiger charge is -2.13. The molecule has 0 aliphatic heterocycles. The maximum atomic E-state index is 11.7. The number of carbonyl (C=O) groups is 2. The standard InChI is InChI=1S/C8H7F2NO2S.C6H15N.CH3NOS/c9-7(10)13-6-3-1-5(2-4-6)11-8(12)14;1-4-7(5-2)6-3;2-1(3)4/h1-4,7H,(H2,11,12,14);4-6H2,1-3H3;(H3,2,3,4). The number of hydrogen-bond donors (Lipinski definition) is 4. The molecule has 0 saturated heterocycles. The second-order valence-electron chi connectivity index (χ2n) is 4.29. The van der Waals surface area contributed by atoms with Crippen molar-refractivity contribution >= 4 is 41.4 Å². The predicted molar refractivity (Wildman–Crippen MR) is 103 cm³/mol. The molecule has 0 bridgehead atoms. The average Bonchev–Trinajstić information content (AvgIpc) is 2.50. The Morgan fingerprint density at radius 1 is 1.12 bits per heavy atom. The zero-order chi connectivity index (χ0) is 19.8. The van der Waals surface area contributed by atoms with Gasteiger partial charge in [0.1, 0.15) is 5.75 Å². The van der Waals surface area contributed by atoms with Crippen molar-refractivity contribution in [3.05, 3.63) is 24.3 Å². The van der Waals surface area contributed by atoms with Gasteiger partial charge in [-0.3, -0.25) is 9.59 Å². The fourth-order valence-corrected chi connectivity index (χ4v) is 1.64. The van der Waals surface area contributed by atoms with E-state index in [1.807, 2.05) is 0 Å². The minimum absolute atomic E-state index is 0.0390. The van der Waals surface area contributed by atoms with Gasteiger partial charge in [0.15, 0.2) is 0 Å². The number of rotatable bonds is 6. The first kappa shape index (κ1) is 25.7. The highest BCUT2D eigenvalue weighted by Gasteiger charge is 2.03. The Bertz CT molecular complexity index is 478. The van der Waals surface area contributed by atoms with Crippen molar-refractivity contribution in [1.29, 1.82) is 0 Å². The van der Waals surface area contributed by atoms with Crippen LogP contribution in [0.5, 0.6) is 5.75 Å². The second kappa shape index (κ2) is 16.0. The second-order valence-corrected chi connectivity index (χ2v) is 5.14. The molecule has 2 amide bonds. The van der Waals surface area contributed by atoms with Crippen LogP contribution in [-0.4, -0.2) is 41.6 Å². The zero-order valence-corrected chi connectivity index (χ0v) is 16.2. The van der Waals surface area contributed by atoms with E-state index < -0.39 is 17.1 Å². The van der Waals surface area contributed by atoms with Crippen LogP contribution in [0, 0.1) is 0 Å². The summed E-state index contributed by atoms with van der Waals surface area (Å²) in [7, 11) is 0. The maximum Gasteiger partial charge on any atom is 0.387 e. The van der Waals surface area contributed by atoms with Crippen molar-refractivity contribution in [2.45, 2.75) is 27.4 Å². The predicted octanol–water partition coefficient (Wildman–Crippen LogP) is 4.09. The number of hydrogen-bond acceptors (Lipinski definition) is 4. The Morgan fingerprint density at radius 2 is 1.52 bits per heavy atom. The van der Waals surface area contributed by atoms with Gasteiger partial charge in [-0.2, -0.15) is 8.78 Å². The quantitative estimate of drug-likeness (QED) is 0.545. The molecule has 0 aromatic heterocycles. The van der Waals surface area contributed by atoms with E-state index in [9.17, 15) is 13.6 Å². The number of halogens is 2. The number of primary amides is 1. The first-order valence-corrected chi connectivity index (χ1v) is 8.31. The molecule has 0 saturated carbocycles. The largest absolute Gasteiger partial charge is 0.435 e. The van der Waals surface area contributed by atoms with Crippen LogP contribution in [0.3, 0.4) is 0 Å². The monoisotopic (exact) mass is 397 g/mol. The van der Waals surface area contributed by atoms with E-state index in [2.05, 4.69) is 66.7 Å². The minimum Gasteiger partial charge on any atom is -0.435 e. The van der Waals surface area contributed by atoms with Crippen molar-refractivity contribution < 1.29 is 23.1 Å². The highest BCUT2D eigenvalue weighted by atomic mass is 32.1. The highest BCUT2D eigenvalue weighted by Crippen LogP contribution is 2.17. The molecule has 0 radical (unpaired) electrons. The fraction of sp³-hybridized carbons (Fsp3) is 0.467. The number of nitrogens with two attached hydrogens (primary N) is 1. The Kier molecular flexibility index (Phi) is 16.4. The number of thiol groups is 2. The number of carbonyl (C=O) groups excluding carboxylic acids is 2. The normalized spacial score (nSPS) is 9.48. The molecular formula is C15H25F2N3O3S2. The van der Waals surface area contributed by atoms with Gasteiger partial charge < -0.3 is 20.7 Å². The summed E-state index contributed by atoms with van der Waals surface area (Å²) >= 11 is 6.59. The molecule has 0 aliphatic rings. The molecule has 144 valence electrons. The molecule has 3 N–H and O–H groups in total. The molecule has 0 atom stereocenters. The number of anilines is 1. The van der Waals surface area contributed by atoms with E-state index >= 15 is 0 Å². The van der Waals surface area contributed by atoms with Gasteiger partial charge in [0.25, 0.3) is 10.5 Å². The van der Waals surface area contributed by atoms with Gasteiger partial charge in [-0.15, -0.1) is 0 Å². The van der Waals surface area contributed by atoms with Crippen molar-refractivity contribution in [2.24, 2.45) is 5.73 Å². The van der Waals surface area contributed by atoms with Crippen molar-refractivity contribution in [1.82, 2.24) is 4.90 Å². The van der Waals surface area contributed by atoms with E-state index in [-0.39, 0.29) is 5.75 Å². The summed E-state index contributed by atoms with van der Waals surface area (Å²) in [6.07, 6.45) is 0. The minimum atomic E-state index is -2.85. The lowest BCUT2D eigenvalue weighted by molar-refractivity contribution is -0.0498. The highest BCUT2D eigenvalue weighted by molar-refractivity contribution is 7.97. The van der Waals surface area contributed by atoms with E-state index in [1.54, 1.807) is 0 Å². The number of ether oxygens (including phenoxy) is 1. The topological polar surface area (TPSA) is 84.7 Å². The van der Waals surface area contributed by atoms with E-state index in [1.165, 1.54) is 43.9 Å². The van der Waals surface area contributed by atoms with E-state index in [0.717, 1.165) is 0 Å². The number of nitrogens with zero attached hydrogens (tertiary/aromatic N) is 1. The van der Waals surface area contributed by atoms with E-state index in [0.29, 0.717) is 5.69 Å². The SMILES string of the molecule is CCN(CC)CC.NC(=O)S.O=C(S)Nc1ccc(OC(F)F)cc1. The first-order chi connectivity index (χ1) is 11.7. The van der Waals surface area contributed by atoms with Crippen LogP contribution in [0.25, 0.3) is 0 Å². The van der Waals surface area contributed by atoms with Crippen LogP contribution in [-0.2, 0) is 0 Å². The summed E-state index contributed by atoms with van der Waals surface area (Å²) in [4.78, 5) is 21.9. The molecule has 0 fully saturated rings. The maximum absolute atomic E-state index is 11.7. The summed E-state index contributed by atoms with van der Waals surface area (Å²) in [5.41, 5.74) is 4.80. The summed E-state index contributed by atoms with van der Waals surface area (Å²) in [6, 6.07) is 5.52. The van der Waals surface area contributed by atoms with Crippen LogP contribution in [0.1, 0.15) is 20.8 Å². The number of amides is 2. The Labute approximate surface area is 157 Å². The Balaban J connectivity index is 0. The molecule has 0 unspecified atom stereocenters. The molecule has 0 spiro atoms. The average molecular weight is 398 g/mol. The fourth-order valence-electron chi connectivity index (χ4n) is 1.51. The smallest absolute Gasteiger partial charge is 0.387 e. The molecule has 6 nitrogen and oxygen atoms in total. The van der Waals surface area contributed by atoms with Gasteiger partial charge >= 0.3 is 6.61 Å². The third-order valence-electron chi connectivity index (χ3n) is 2.67.